The SMILES string of the molecule is O=C(CCCCCCC(=O)Nc1cccnc1)Nc1cccnc1. The Hall–Kier alpha value is -2.76. The average molecular weight is 326 g/mol. The van der Waals surface area contributed by atoms with E-state index in [9.17, 15) is 9.59 Å². The highest BCUT2D eigenvalue weighted by Gasteiger charge is 2.04. The number of amides is 2. The first-order chi connectivity index (χ1) is 11.7. The lowest BCUT2D eigenvalue weighted by molar-refractivity contribution is -0.117. The maximum Gasteiger partial charge on any atom is 0.224 e. The fourth-order valence-corrected chi connectivity index (χ4v) is 2.25. The maximum absolute atomic E-state index is 11.7. The van der Waals surface area contributed by atoms with E-state index in [1.165, 1.54) is 0 Å². The van der Waals surface area contributed by atoms with Crippen molar-refractivity contribution in [3.8, 4) is 0 Å². The quantitative estimate of drug-likeness (QED) is 0.692. The Kier molecular flexibility index (Phi) is 7.40. The van der Waals surface area contributed by atoms with Crippen LogP contribution in [0.4, 0.5) is 11.4 Å². The van der Waals surface area contributed by atoms with E-state index >= 15 is 0 Å². The zero-order valence-electron chi connectivity index (χ0n) is 13.6. The lowest BCUT2D eigenvalue weighted by Crippen LogP contribution is -2.11. The van der Waals surface area contributed by atoms with Crippen LogP contribution in [0.3, 0.4) is 0 Å². The first kappa shape index (κ1) is 17.6. The van der Waals surface area contributed by atoms with Gasteiger partial charge in [0.1, 0.15) is 0 Å². The molecule has 0 unspecified atom stereocenters. The molecule has 0 aliphatic carbocycles. The van der Waals surface area contributed by atoms with Crippen LogP contribution in [0, 0.1) is 0 Å². The van der Waals surface area contributed by atoms with E-state index in [0.29, 0.717) is 12.8 Å². The molecule has 2 aromatic rings. The molecule has 2 amide bonds. The molecule has 0 saturated carbocycles. The van der Waals surface area contributed by atoms with Crippen molar-refractivity contribution in [3.05, 3.63) is 49.1 Å². The van der Waals surface area contributed by atoms with Crippen molar-refractivity contribution in [1.82, 2.24) is 9.97 Å². The predicted molar refractivity (Wildman–Crippen MR) is 93.4 cm³/mol. The standard InChI is InChI=1S/C18H22N4O2/c23-17(21-15-7-5-11-19-13-15)9-3-1-2-4-10-18(24)22-16-8-6-12-20-14-16/h5-8,11-14H,1-4,9-10H2,(H,21,23)(H,22,24). The van der Waals surface area contributed by atoms with Gasteiger partial charge in [-0.15, -0.1) is 0 Å². The molecule has 2 aromatic heterocycles. The number of pyridine rings is 2. The van der Waals surface area contributed by atoms with Crippen LogP contribution in [0.5, 0.6) is 0 Å². The molecule has 0 aliphatic heterocycles. The topological polar surface area (TPSA) is 84.0 Å². The van der Waals surface area contributed by atoms with Crippen molar-refractivity contribution in [2.24, 2.45) is 0 Å². The minimum Gasteiger partial charge on any atom is -0.325 e. The zero-order valence-corrected chi connectivity index (χ0v) is 13.6. The Morgan fingerprint density at radius 1 is 0.750 bits per heavy atom. The summed E-state index contributed by atoms with van der Waals surface area (Å²) < 4.78 is 0. The van der Waals surface area contributed by atoms with Crippen LogP contribution in [0.2, 0.25) is 0 Å². The molecule has 2 heterocycles. The molecule has 0 radical (unpaired) electrons. The molecule has 0 atom stereocenters. The van der Waals surface area contributed by atoms with Crippen molar-refractivity contribution >= 4 is 23.2 Å². The summed E-state index contributed by atoms with van der Waals surface area (Å²) in [5, 5.41) is 5.61. The van der Waals surface area contributed by atoms with Crippen LogP contribution in [-0.2, 0) is 9.59 Å². The minimum absolute atomic E-state index is 0.00248. The van der Waals surface area contributed by atoms with Crippen LogP contribution in [-0.4, -0.2) is 21.8 Å². The largest absolute Gasteiger partial charge is 0.325 e. The fourth-order valence-electron chi connectivity index (χ4n) is 2.25. The van der Waals surface area contributed by atoms with Crippen molar-refractivity contribution in [2.75, 3.05) is 10.6 Å². The third-order valence-electron chi connectivity index (χ3n) is 3.45. The molecule has 0 bridgehead atoms. The van der Waals surface area contributed by atoms with Gasteiger partial charge >= 0.3 is 0 Å². The highest BCUT2D eigenvalue weighted by Crippen LogP contribution is 2.10. The Balaban J connectivity index is 1.50. The summed E-state index contributed by atoms with van der Waals surface area (Å²) in [5.74, 6) is -0.00496. The Morgan fingerprint density at radius 2 is 1.21 bits per heavy atom. The van der Waals surface area contributed by atoms with Gasteiger partial charge in [0.2, 0.25) is 11.8 Å². The second-order valence-corrected chi connectivity index (χ2v) is 5.49. The molecule has 0 aliphatic rings. The lowest BCUT2D eigenvalue weighted by Gasteiger charge is -2.05. The van der Waals surface area contributed by atoms with Crippen molar-refractivity contribution in [1.29, 1.82) is 0 Å². The normalized spacial score (nSPS) is 10.2. The third kappa shape index (κ3) is 7.00. The fraction of sp³-hybridized carbons (Fsp3) is 0.333. The van der Waals surface area contributed by atoms with Gasteiger partial charge in [0.05, 0.1) is 23.8 Å². The van der Waals surface area contributed by atoms with E-state index in [1.54, 1.807) is 36.9 Å². The second-order valence-electron chi connectivity index (χ2n) is 5.49. The number of nitrogens with zero attached hydrogens (tertiary/aromatic N) is 2. The Labute approximate surface area is 141 Å². The molecule has 0 aromatic carbocycles. The molecule has 2 rings (SSSR count). The van der Waals surface area contributed by atoms with Gasteiger partial charge in [-0.3, -0.25) is 19.6 Å². The summed E-state index contributed by atoms with van der Waals surface area (Å²) in [5.41, 5.74) is 1.43. The van der Waals surface area contributed by atoms with E-state index in [-0.39, 0.29) is 11.8 Å². The van der Waals surface area contributed by atoms with Crippen LogP contribution >= 0.6 is 0 Å². The predicted octanol–water partition coefficient (Wildman–Crippen LogP) is 3.39. The summed E-state index contributed by atoms with van der Waals surface area (Å²) in [6.45, 7) is 0. The van der Waals surface area contributed by atoms with Crippen LogP contribution in [0.1, 0.15) is 38.5 Å². The average Bonchev–Trinajstić information content (AvgIpc) is 2.60. The number of rotatable bonds is 9. The van der Waals surface area contributed by atoms with Crippen molar-refractivity contribution in [2.45, 2.75) is 38.5 Å². The van der Waals surface area contributed by atoms with Gasteiger partial charge in [-0.25, -0.2) is 0 Å². The van der Waals surface area contributed by atoms with Gasteiger partial charge < -0.3 is 10.6 Å². The Morgan fingerprint density at radius 3 is 1.58 bits per heavy atom. The molecule has 24 heavy (non-hydrogen) atoms. The molecule has 2 N–H and O–H groups in total. The maximum atomic E-state index is 11.7. The van der Waals surface area contributed by atoms with Gasteiger partial charge in [0.15, 0.2) is 0 Å². The first-order valence-electron chi connectivity index (χ1n) is 8.14. The molecular formula is C18H22N4O2. The number of aromatic nitrogens is 2. The molecule has 0 spiro atoms. The molecular weight excluding hydrogens is 304 g/mol. The first-order valence-corrected chi connectivity index (χ1v) is 8.14. The monoisotopic (exact) mass is 326 g/mol. The van der Waals surface area contributed by atoms with E-state index in [0.717, 1.165) is 37.1 Å². The lowest BCUT2D eigenvalue weighted by atomic mass is 10.1. The summed E-state index contributed by atoms with van der Waals surface area (Å²) in [7, 11) is 0. The summed E-state index contributed by atoms with van der Waals surface area (Å²) in [6.07, 6.45) is 11.0. The zero-order chi connectivity index (χ0) is 17.0. The third-order valence-corrected chi connectivity index (χ3v) is 3.45. The summed E-state index contributed by atoms with van der Waals surface area (Å²) in [6, 6.07) is 7.19. The number of nitrogens with one attached hydrogen (secondary N) is 2. The van der Waals surface area contributed by atoms with Crippen LogP contribution in [0.25, 0.3) is 0 Å². The van der Waals surface area contributed by atoms with E-state index in [1.807, 2.05) is 12.1 Å². The molecule has 126 valence electrons. The summed E-state index contributed by atoms with van der Waals surface area (Å²) in [4.78, 5) is 31.4. The molecule has 6 heteroatoms. The molecule has 0 fully saturated rings. The number of hydrogen-bond donors (Lipinski definition) is 2. The van der Waals surface area contributed by atoms with E-state index in [2.05, 4.69) is 20.6 Å². The van der Waals surface area contributed by atoms with Gasteiger partial charge in [-0.05, 0) is 37.1 Å². The molecule has 6 nitrogen and oxygen atoms in total. The number of carbonyl (C=O) groups is 2. The van der Waals surface area contributed by atoms with E-state index in [4.69, 9.17) is 0 Å². The van der Waals surface area contributed by atoms with Crippen LogP contribution in [0.15, 0.2) is 49.1 Å². The highest BCUT2D eigenvalue weighted by molar-refractivity contribution is 5.90. The molecule has 0 saturated heterocycles. The van der Waals surface area contributed by atoms with Crippen molar-refractivity contribution in [3.63, 3.8) is 0 Å². The van der Waals surface area contributed by atoms with Crippen LogP contribution < -0.4 is 10.6 Å². The number of anilines is 2. The smallest absolute Gasteiger partial charge is 0.224 e. The van der Waals surface area contributed by atoms with Crippen molar-refractivity contribution < 1.29 is 9.59 Å². The summed E-state index contributed by atoms with van der Waals surface area (Å²) >= 11 is 0. The van der Waals surface area contributed by atoms with Gasteiger partial charge in [-0.1, -0.05) is 12.8 Å². The Bertz CT molecular complexity index is 574. The number of carbonyl (C=O) groups excluding carboxylic acids is 2. The number of hydrogen-bond acceptors (Lipinski definition) is 4. The number of unbranched alkanes of at least 4 members (excludes halogenated alkanes) is 3. The van der Waals surface area contributed by atoms with E-state index < -0.39 is 0 Å². The second kappa shape index (κ2) is 10.1. The van der Waals surface area contributed by atoms with Gasteiger partial charge in [0.25, 0.3) is 0 Å². The van der Waals surface area contributed by atoms with Gasteiger partial charge in [-0.2, -0.15) is 0 Å². The van der Waals surface area contributed by atoms with Gasteiger partial charge in [0, 0.05) is 25.2 Å². The minimum atomic E-state index is -0.00248. The highest BCUT2D eigenvalue weighted by atomic mass is 16.2.